The summed E-state index contributed by atoms with van der Waals surface area (Å²) in [5, 5.41) is 0. The van der Waals surface area contributed by atoms with Gasteiger partial charge in [0.2, 0.25) is 0 Å². The first-order valence-electron chi connectivity index (χ1n) is 1.81. The Bertz CT molecular complexity index is 80.2. The van der Waals surface area contributed by atoms with Gasteiger partial charge in [-0.3, -0.25) is 4.79 Å². The van der Waals surface area contributed by atoms with E-state index in [0.717, 1.165) is 0 Å². The van der Waals surface area contributed by atoms with E-state index in [2.05, 4.69) is 4.74 Å². The maximum atomic E-state index is 9.96. The summed E-state index contributed by atoms with van der Waals surface area (Å²) in [4.78, 5) is 19.4. The van der Waals surface area contributed by atoms with Crippen molar-refractivity contribution in [3.8, 4) is 0 Å². The molecule has 0 heterocycles. The molecule has 0 rings (SSSR count). The highest BCUT2D eigenvalue weighted by Gasteiger charge is 1.97. The lowest BCUT2D eigenvalue weighted by Gasteiger charge is -1.85. The lowest BCUT2D eigenvalue weighted by Crippen LogP contribution is -2.09. The average Bonchev–Trinajstić information content (AvgIpc) is 1.68. The predicted molar refractivity (Wildman–Crippen MR) is 26.3 cm³/mol. The second kappa shape index (κ2) is 3.40. The molecule has 0 fully saturated rings. The highest BCUT2D eigenvalue weighted by molar-refractivity contribution is 6.91. The van der Waals surface area contributed by atoms with E-state index in [1.165, 1.54) is 7.11 Å². The highest BCUT2D eigenvalue weighted by atomic mass is 16.5. The van der Waals surface area contributed by atoms with Crippen LogP contribution in [0, 0.1) is 0 Å². The summed E-state index contributed by atoms with van der Waals surface area (Å²) in [7, 11) is 1.10. The summed E-state index contributed by atoms with van der Waals surface area (Å²) in [5.74, 6) is -0.491. The van der Waals surface area contributed by atoms with Gasteiger partial charge in [0.1, 0.15) is 0 Å². The number of ether oxygens (including phenoxy) is 1. The molecule has 0 aromatic heterocycles. The van der Waals surface area contributed by atoms with Gasteiger partial charge in [-0.25, -0.2) is 0 Å². The molecule has 38 valence electrons. The van der Waals surface area contributed by atoms with Crippen molar-refractivity contribution in [2.45, 2.75) is 0 Å². The molecule has 0 unspecified atom stereocenters. The summed E-state index contributed by atoms with van der Waals surface area (Å²) in [6, 6.07) is 0. The molecule has 0 aliphatic rings. The van der Waals surface area contributed by atoms with Crippen molar-refractivity contribution in [1.29, 1.82) is 0 Å². The van der Waals surface area contributed by atoms with E-state index in [-0.39, 0.29) is 7.28 Å². The third kappa shape index (κ3) is 3.02. The molecular weight excluding hydrogens is 94.8 g/mol. The Morgan fingerprint density at radius 3 is 2.57 bits per heavy atom. The fraction of sp³-hybridized carbons (Fsp3) is 0.333. The second-order valence-electron chi connectivity index (χ2n) is 0.947. The third-order valence-electron chi connectivity index (χ3n) is 0.478. The zero-order valence-electron chi connectivity index (χ0n) is 4.01. The van der Waals surface area contributed by atoms with E-state index in [0.29, 0.717) is 6.19 Å². The maximum absolute atomic E-state index is 9.96. The monoisotopic (exact) mass is 100 g/mol. The Hall–Kier alpha value is -0.795. The fourth-order valence-electron chi connectivity index (χ4n) is 0.151. The van der Waals surface area contributed by atoms with Crippen LogP contribution in [0.5, 0.6) is 0 Å². The largest absolute Gasteiger partial charge is 0.477 e. The Morgan fingerprint density at radius 2 is 2.43 bits per heavy atom. The van der Waals surface area contributed by atoms with Gasteiger partial charge >= 0.3 is 7.28 Å². The van der Waals surface area contributed by atoms with Gasteiger partial charge in [-0.15, -0.1) is 0 Å². The highest BCUT2D eigenvalue weighted by Crippen LogP contribution is 1.67. The van der Waals surface area contributed by atoms with E-state index >= 15 is 0 Å². The zero-order chi connectivity index (χ0) is 5.70. The quantitative estimate of drug-likeness (QED) is 0.343. The number of rotatable bonds is 2. The average molecular weight is 99.9 g/mol. The summed E-state index contributed by atoms with van der Waals surface area (Å²) in [5.41, 5.74) is 0. The van der Waals surface area contributed by atoms with Crippen LogP contribution in [0.25, 0.3) is 0 Å². The third-order valence-corrected chi connectivity index (χ3v) is 0.478. The van der Waals surface area contributed by atoms with Gasteiger partial charge in [-0.2, -0.15) is 0 Å². The van der Waals surface area contributed by atoms with Gasteiger partial charge in [0, 0.05) is 0 Å². The van der Waals surface area contributed by atoms with E-state index in [9.17, 15) is 9.59 Å². The molecule has 0 atom stereocenters. The van der Waals surface area contributed by atoms with Crippen LogP contribution in [0.3, 0.4) is 0 Å². The lowest BCUT2D eigenvalue weighted by molar-refractivity contribution is 0.198. The first-order valence-corrected chi connectivity index (χ1v) is 1.81. The van der Waals surface area contributed by atoms with Crippen LogP contribution in [0.4, 0.5) is 4.79 Å². The van der Waals surface area contributed by atoms with Crippen LogP contribution >= 0.6 is 0 Å². The second-order valence-corrected chi connectivity index (χ2v) is 0.947. The Balaban J connectivity index is 3.17. The summed E-state index contributed by atoms with van der Waals surface area (Å²) >= 11 is 0. The molecule has 0 aliphatic heterocycles. The summed E-state index contributed by atoms with van der Waals surface area (Å²) in [6.45, 7) is 0. The fourth-order valence-corrected chi connectivity index (χ4v) is 0.151. The molecule has 0 N–H and O–H groups in total. The first kappa shape index (κ1) is 6.20. The van der Waals surface area contributed by atoms with Crippen LogP contribution in [-0.2, 0) is 9.53 Å². The van der Waals surface area contributed by atoms with E-state index in [1.54, 1.807) is 0 Å². The van der Waals surface area contributed by atoms with Crippen LogP contribution in [0.2, 0.25) is 0 Å². The minimum atomic E-state index is -0.491. The van der Waals surface area contributed by atoms with Crippen molar-refractivity contribution in [3.05, 3.63) is 0 Å². The normalized spacial score (nSPS) is 7.00. The summed E-state index contributed by atoms with van der Waals surface area (Å²) < 4.78 is 4.12. The Kier molecular flexibility index (Phi) is 3.01. The van der Waals surface area contributed by atoms with Crippen molar-refractivity contribution in [1.82, 2.24) is 0 Å². The van der Waals surface area contributed by atoms with Gasteiger partial charge in [0.15, 0.2) is 0 Å². The van der Waals surface area contributed by atoms with Crippen LogP contribution in [0.15, 0.2) is 0 Å². The number of hydrogen-bond acceptors (Lipinski definition) is 3. The lowest BCUT2D eigenvalue weighted by atomic mass is 9.82. The number of carbonyl (C=O) groups is 2. The molecule has 0 aromatic carbocycles. The van der Waals surface area contributed by atoms with Crippen molar-refractivity contribution < 1.29 is 14.3 Å². The maximum Gasteiger partial charge on any atom is 0.334 e. The number of carbonyl (C=O) groups excluding carboxylic acids is 2. The molecule has 0 aromatic rings. The van der Waals surface area contributed by atoms with E-state index in [1.807, 2.05) is 0 Å². The number of methoxy groups -OCH3 is 1. The molecule has 0 saturated heterocycles. The van der Waals surface area contributed by atoms with Crippen molar-refractivity contribution in [2.75, 3.05) is 7.11 Å². The Labute approximate surface area is 41.9 Å². The molecule has 3 nitrogen and oxygen atoms in total. The van der Waals surface area contributed by atoms with Gasteiger partial charge in [0.05, 0.1) is 13.3 Å². The molecule has 0 saturated carbocycles. The van der Waals surface area contributed by atoms with Crippen LogP contribution < -0.4 is 0 Å². The molecular formula is C3H5BO3. The smallest absolute Gasteiger partial charge is 0.334 e. The SMILES string of the molecule is COC(=O)BC=O. The van der Waals surface area contributed by atoms with E-state index in [4.69, 9.17) is 0 Å². The minimum absolute atomic E-state index is 0.142. The minimum Gasteiger partial charge on any atom is -0.477 e. The molecule has 0 spiro atoms. The Morgan fingerprint density at radius 1 is 1.86 bits per heavy atom. The standard InChI is InChI=1S/C3H5BO3/c1-7-3(6)4-2-5/h2,4H,1H3. The molecule has 0 radical (unpaired) electrons. The van der Waals surface area contributed by atoms with Gasteiger partial charge < -0.3 is 9.53 Å². The van der Waals surface area contributed by atoms with Gasteiger partial charge in [-0.05, 0) is 0 Å². The zero-order valence-corrected chi connectivity index (χ0v) is 4.01. The van der Waals surface area contributed by atoms with E-state index < -0.39 is 5.87 Å². The van der Waals surface area contributed by atoms with Crippen molar-refractivity contribution in [3.63, 3.8) is 0 Å². The molecule has 0 aliphatic carbocycles. The predicted octanol–water partition coefficient (Wildman–Crippen LogP) is -0.621. The molecule has 0 bridgehead atoms. The molecule has 4 heteroatoms. The first-order chi connectivity index (χ1) is 3.31. The van der Waals surface area contributed by atoms with Crippen molar-refractivity contribution in [2.24, 2.45) is 0 Å². The van der Waals surface area contributed by atoms with Crippen LogP contribution in [0.1, 0.15) is 0 Å². The molecule has 0 amide bonds. The molecule has 7 heavy (non-hydrogen) atoms. The van der Waals surface area contributed by atoms with Crippen molar-refractivity contribution >= 4 is 19.3 Å². The van der Waals surface area contributed by atoms with Crippen LogP contribution in [-0.4, -0.2) is 26.4 Å². The topological polar surface area (TPSA) is 43.4 Å². The van der Waals surface area contributed by atoms with Gasteiger partial charge in [0.25, 0.3) is 5.87 Å². The van der Waals surface area contributed by atoms with Gasteiger partial charge in [-0.1, -0.05) is 0 Å². The summed E-state index contributed by atoms with van der Waals surface area (Å²) in [6.07, 6.45) is 0.506. The number of hydrogen-bond donors (Lipinski definition) is 0.